The number of rotatable bonds is 3. The van der Waals surface area contributed by atoms with E-state index < -0.39 is 0 Å². The van der Waals surface area contributed by atoms with E-state index in [1.165, 1.54) is 11.1 Å². The first kappa shape index (κ1) is 9.03. The zero-order valence-corrected chi connectivity index (χ0v) is 7.94. The van der Waals surface area contributed by atoms with Crippen LogP contribution in [-0.2, 0) is 13.0 Å². The van der Waals surface area contributed by atoms with Crippen molar-refractivity contribution in [3.63, 3.8) is 0 Å². The monoisotopic (exact) mass is 187 g/mol. The van der Waals surface area contributed by atoms with Crippen LogP contribution in [0.25, 0.3) is 0 Å². The molecule has 1 aromatic carbocycles. The fourth-order valence-electron chi connectivity index (χ4n) is 1.52. The van der Waals surface area contributed by atoms with Gasteiger partial charge in [0.05, 0.1) is 12.8 Å². The molecule has 0 aliphatic heterocycles. The van der Waals surface area contributed by atoms with Crippen LogP contribution in [0.4, 0.5) is 0 Å². The van der Waals surface area contributed by atoms with Crippen molar-refractivity contribution in [3.8, 4) is 0 Å². The highest BCUT2D eigenvalue weighted by molar-refractivity contribution is 5.27. The van der Waals surface area contributed by atoms with E-state index >= 15 is 0 Å². The van der Waals surface area contributed by atoms with Crippen molar-refractivity contribution in [2.45, 2.75) is 13.0 Å². The normalized spacial score (nSPS) is 10.4. The van der Waals surface area contributed by atoms with E-state index in [4.69, 9.17) is 10.2 Å². The van der Waals surface area contributed by atoms with E-state index in [-0.39, 0.29) is 0 Å². The van der Waals surface area contributed by atoms with E-state index in [1.807, 2.05) is 24.3 Å². The van der Waals surface area contributed by atoms with Crippen LogP contribution in [0, 0.1) is 0 Å². The summed E-state index contributed by atoms with van der Waals surface area (Å²) in [5.74, 6) is 0.883. The standard InChI is InChI=1S/C12H13NO/c13-9-12-11(6-7-14-12)8-10-4-2-1-3-5-10/h1-7H,8-9,13H2. The van der Waals surface area contributed by atoms with Gasteiger partial charge in [0, 0.05) is 6.42 Å². The molecule has 2 aromatic rings. The highest BCUT2D eigenvalue weighted by Crippen LogP contribution is 2.14. The molecular formula is C12H13NO. The van der Waals surface area contributed by atoms with Crippen LogP contribution in [0.15, 0.2) is 47.1 Å². The molecule has 0 fully saturated rings. The SMILES string of the molecule is NCc1occc1Cc1ccccc1. The average Bonchev–Trinajstić information content (AvgIpc) is 2.67. The van der Waals surface area contributed by atoms with Crippen LogP contribution < -0.4 is 5.73 Å². The van der Waals surface area contributed by atoms with Crippen molar-refractivity contribution >= 4 is 0 Å². The van der Waals surface area contributed by atoms with E-state index in [2.05, 4.69) is 12.1 Å². The van der Waals surface area contributed by atoms with Gasteiger partial charge in [0.25, 0.3) is 0 Å². The molecule has 0 spiro atoms. The first-order valence-electron chi connectivity index (χ1n) is 4.69. The van der Waals surface area contributed by atoms with Crippen molar-refractivity contribution in [2.75, 3.05) is 0 Å². The van der Waals surface area contributed by atoms with Gasteiger partial charge in [-0.05, 0) is 17.2 Å². The lowest BCUT2D eigenvalue weighted by atomic mass is 10.1. The fraction of sp³-hybridized carbons (Fsp3) is 0.167. The van der Waals surface area contributed by atoms with Crippen LogP contribution >= 0.6 is 0 Å². The number of hydrogen-bond acceptors (Lipinski definition) is 2. The molecule has 0 aliphatic carbocycles. The van der Waals surface area contributed by atoms with Crippen molar-refractivity contribution in [1.29, 1.82) is 0 Å². The largest absolute Gasteiger partial charge is 0.468 e. The summed E-state index contributed by atoms with van der Waals surface area (Å²) in [5.41, 5.74) is 8.02. The highest BCUT2D eigenvalue weighted by Gasteiger charge is 2.04. The second kappa shape index (κ2) is 4.11. The molecule has 2 rings (SSSR count). The third-order valence-corrected chi connectivity index (χ3v) is 2.26. The Morgan fingerprint density at radius 1 is 1.07 bits per heavy atom. The van der Waals surface area contributed by atoms with Crippen molar-refractivity contribution < 1.29 is 4.42 Å². The lowest BCUT2D eigenvalue weighted by Gasteiger charge is -2.00. The minimum Gasteiger partial charge on any atom is -0.468 e. The summed E-state index contributed by atoms with van der Waals surface area (Å²) in [6.45, 7) is 0.467. The molecule has 0 radical (unpaired) electrons. The van der Waals surface area contributed by atoms with E-state index in [0.717, 1.165) is 12.2 Å². The van der Waals surface area contributed by atoms with Gasteiger partial charge >= 0.3 is 0 Å². The molecule has 0 atom stereocenters. The first-order chi connectivity index (χ1) is 6.90. The molecule has 0 saturated carbocycles. The van der Waals surface area contributed by atoms with Crippen LogP contribution in [0.5, 0.6) is 0 Å². The van der Waals surface area contributed by atoms with Gasteiger partial charge in [0.2, 0.25) is 0 Å². The van der Waals surface area contributed by atoms with Gasteiger partial charge < -0.3 is 10.2 Å². The topological polar surface area (TPSA) is 39.2 Å². The molecule has 1 heterocycles. The zero-order chi connectivity index (χ0) is 9.80. The summed E-state index contributed by atoms with van der Waals surface area (Å²) >= 11 is 0. The first-order valence-corrected chi connectivity index (χ1v) is 4.69. The summed E-state index contributed by atoms with van der Waals surface area (Å²) in [6, 6.07) is 12.3. The zero-order valence-electron chi connectivity index (χ0n) is 7.94. The summed E-state index contributed by atoms with van der Waals surface area (Å²) in [6.07, 6.45) is 2.59. The minimum atomic E-state index is 0.467. The van der Waals surface area contributed by atoms with Gasteiger partial charge in [0.15, 0.2) is 0 Å². The molecule has 0 bridgehead atoms. The molecule has 0 amide bonds. The van der Waals surface area contributed by atoms with Crippen molar-refractivity contribution in [1.82, 2.24) is 0 Å². The Bertz CT molecular complexity index is 392. The van der Waals surface area contributed by atoms with Crippen molar-refractivity contribution in [2.24, 2.45) is 5.73 Å². The minimum absolute atomic E-state index is 0.467. The molecule has 2 N–H and O–H groups in total. The van der Waals surface area contributed by atoms with Crippen LogP contribution in [0.2, 0.25) is 0 Å². The third-order valence-electron chi connectivity index (χ3n) is 2.26. The Morgan fingerprint density at radius 2 is 1.86 bits per heavy atom. The Labute approximate surface area is 83.4 Å². The summed E-state index contributed by atoms with van der Waals surface area (Å²) in [5, 5.41) is 0. The molecule has 2 nitrogen and oxygen atoms in total. The van der Waals surface area contributed by atoms with Crippen LogP contribution in [-0.4, -0.2) is 0 Å². The molecule has 72 valence electrons. The van der Waals surface area contributed by atoms with Gasteiger partial charge in [-0.1, -0.05) is 30.3 Å². The van der Waals surface area contributed by atoms with Gasteiger partial charge in [0.1, 0.15) is 5.76 Å². The lowest BCUT2D eigenvalue weighted by molar-refractivity contribution is 0.508. The van der Waals surface area contributed by atoms with Gasteiger partial charge in [-0.15, -0.1) is 0 Å². The quantitative estimate of drug-likeness (QED) is 0.801. The molecule has 14 heavy (non-hydrogen) atoms. The summed E-state index contributed by atoms with van der Waals surface area (Å²) < 4.78 is 5.26. The molecule has 0 unspecified atom stereocenters. The Morgan fingerprint density at radius 3 is 2.57 bits per heavy atom. The van der Waals surface area contributed by atoms with Gasteiger partial charge in [-0.25, -0.2) is 0 Å². The van der Waals surface area contributed by atoms with Gasteiger partial charge in [-0.2, -0.15) is 0 Å². The van der Waals surface area contributed by atoms with Crippen LogP contribution in [0.3, 0.4) is 0 Å². The third kappa shape index (κ3) is 1.86. The Hall–Kier alpha value is -1.54. The second-order valence-corrected chi connectivity index (χ2v) is 3.24. The summed E-state index contributed by atoms with van der Waals surface area (Å²) in [4.78, 5) is 0. The van der Waals surface area contributed by atoms with Gasteiger partial charge in [-0.3, -0.25) is 0 Å². The number of benzene rings is 1. The molecule has 2 heteroatoms. The molecule has 1 aromatic heterocycles. The Kier molecular flexibility index (Phi) is 2.65. The number of nitrogens with two attached hydrogens (primary N) is 1. The van der Waals surface area contributed by atoms with E-state index in [0.29, 0.717) is 6.54 Å². The maximum Gasteiger partial charge on any atom is 0.120 e. The van der Waals surface area contributed by atoms with E-state index in [9.17, 15) is 0 Å². The highest BCUT2D eigenvalue weighted by atomic mass is 16.3. The molecule has 0 aliphatic rings. The Balaban J connectivity index is 2.19. The number of hydrogen-bond donors (Lipinski definition) is 1. The maximum absolute atomic E-state index is 5.55. The average molecular weight is 187 g/mol. The lowest BCUT2D eigenvalue weighted by Crippen LogP contribution is -1.98. The van der Waals surface area contributed by atoms with Crippen LogP contribution in [0.1, 0.15) is 16.9 Å². The van der Waals surface area contributed by atoms with E-state index in [1.54, 1.807) is 6.26 Å². The molecule has 0 saturated heterocycles. The second-order valence-electron chi connectivity index (χ2n) is 3.24. The fourth-order valence-corrected chi connectivity index (χ4v) is 1.52. The summed E-state index contributed by atoms with van der Waals surface area (Å²) in [7, 11) is 0. The number of furan rings is 1. The smallest absolute Gasteiger partial charge is 0.120 e. The maximum atomic E-state index is 5.55. The van der Waals surface area contributed by atoms with Crippen molar-refractivity contribution in [3.05, 3.63) is 59.5 Å². The predicted octanol–water partition coefficient (Wildman–Crippen LogP) is 2.33. The predicted molar refractivity (Wildman–Crippen MR) is 55.8 cm³/mol. The molecular weight excluding hydrogens is 174 g/mol.